The van der Waals surface area contributed by atoms with Gasteiger partial charge >= 0.3 is 0 Å². The van der Waals surface area contributed by atoms with Gasteiger partial charge in [-0.05, 0) is 36.5 Å². The molecule has 5 nitrogen and oxygen atoms in total. The molecule has 5 heteroatoms. The molecule has 1 aliphatic heterocycles. The number of hydrogen-bond donors (Lipinski definition) is 1. The van der Waals surface area contributed by atoms with Crippen LogP contribution in [0.5, 0.6) is 11.5 Å². The van der Waals surface area contributed by atoms with Gasteiger partial charge in [-0.3, -0.25) is 4.99 Å². The Labute approximate surface area is 138 Å². The zero-order valence-electron chi connectivity index (χ0n) is 14.2. The highest BCUT2D eigenvalue weighted by atomic mass is 16.6. The summed E-state index contributed by atoms with van der Waals surface area (Å²) >= 11 is 0. The summed E-state index contributed by atoms with van der Waals surface area (Å²) in [6.07, 6.45) is 5.43. The third kappa shape index (κ3) is 4.53. The number of hydrogen-bond acceptors (Lipinski definition) is 3. The molecular weight excluding hydrogens is 290 g/mol. The van der Waals surface area contributed by atoms with Crippen molar-refractivity contribution in [3.8, 4) is 11.5 Å². The van der Waals surface area contributed by atoms with Gasteiger partial charge in [-0.15, -0.1) is 0 Å². The van der Waals surface area contributed by atoms with E-state index in [0.717, 1.165) is 36.5 Å². The van der Waals surface area contributed by atoms with Gasteiger partial charge in [0.1, 0.15) is 13.2 Å². The molecule has 3 rings (SSSR count). The van der Waals surface area contributed by atoms with Gasteiger partial charge in [-0.1, -0.05) is 18.9 Å². The van der Waals surface area contributed by atoms with Crippen LogP contribution >= 0.6 is 0 Å². The normalized spacial score (nSPS) is 17.0. The van der Waals surface area contributed by atoms with E-state index in [4.69, 9.17) is 9.47 Å². The van der Waals surface area contributed by atoms with Crippen LogP contribution in [-0.2, 0) is 6.54 Å². The molecule has 1 heterocycles. The Balaban J connectivity index is 1.50. The first-order valence-corrected chi connectivity index (χ1v) is 8.56. The topological polar surface area (TPSA) is 46.1 Å². The molecule has 0 saturated heterocycles. The molecule has 1 aromatic rings. The zero-order chi connectivity index (χ0) is 16.1. The summed E-state index contributed by atoms with van der Waals surface area (Å²) < 4.78 is 11.2. The van der Waals surface area contributed by atoms with Gasteiger partial charge in [0, 0.05) is 27.2 Å². The highest BCUT2D eigenvalue weighted by Crippen LogP contribution is 2.33. The van der Waals surface area contributed by atoms with E-state index in [2.05, 4.69) is 34.4 Å². The maximum absolute atomic E-state index is 5.65. The van der Waals surface area contributed by atoms with Crippen LogP contribution in [0.4, 0.5) is 0 Å². The average molecular weight is 317 g/mol. The van der Waals surface area contributed by atoms with Gasteiger partial charge in [0.25, 0.3) is 0 Å². The quantitative estimate of drug-likeness (QED) is 0.498. The van der Waals surface area contributed by atoms with E-state index in [1.807, 2.05) is 13.1 Å². The molecule has 0 aromatic heterocycles. The van der Waals surface area contributed by atoms with Crippen molar-refractivity contribution in [3.05, 3.63) is 23.8 Å². The molecule has 1 aromatic carbocycles. The first-order valence-electron chi connectivity index (χ1n) is 8.56. The lowest BCUT2D eigenvalue weighted by molar-refractivity contribution is 0.171. The molecule has 0 unspecified atom stereocenters. The van der Waals surface area contributed by atoms with Crippen molar-refractivity contribution in [3.63, 3.8) is 0 Å². The monoisotopic (exact) mass is 317 g/mol. The Hall–Kier alpha value is -1.91. The number of fused-ring (bicyclic) bond motifs is 1. The van der Waals surface area contributed by atoms with E-state index in [1.54, 1.807) is 0 Å². The maximum Gasteiger partial charge on any atom is 0.193 e. The van der Waals surface area contributed by atoms with E-state index in [9.17, 15) is 0 Å². The van der Waals surface area contributed by atoms with Crippen LogP contribution in [0, 0.1) is 5.92 Å². The fourth-order valence-electron chi connectivity index (χ4n) is 2.92. The van der Waals surface area contributed by atoms with Crippen LogP contribution in [-0.4, -0.2) is 44.7 Å². The highest BCUT2D eigenvalue weighted by Gasteiger charge is 2.20. The Kier molecular flexibility index (Phi) is 5.26. The van der Waals surface area contributed by atoms with Crippen molar-refractivity contribution in [1.82, 2.24) is 10.2 Å². The predicted molar refractivity (Wildman–Crippen MR) is 92.2 cm³/mol. The second-order valence-electron chi connectivity index (χ2n) is 6.39. The third-order valence-corrected chi connectivity index (χ3v) is 4.37. The largest absolute Gasteiger partial charge is 0.486 e. The Bertz CT molecular complexity index is 555. The number of ether oxygens (including phenoxy) is 2. The lowest BCUT2D eigenvalue weighted by atomic mass is 10.2. The Morgan fingerprint density at radius 3 is 2.78 bits per heavy atom. The molecule has 1 N–H and O–H groups in total. The van der Waals surface area contributed by atoms with Crippen LogP contribution < -0.4 is 14.8 Å². The molecule has 0 bridgehead atoms. The first-order chi connectivity index (χ1) is 11.3. The van der Waals surface area contributed by atoms with Crippen LogP contribution in [0.15, 0.2) is 23.2 Å². The number of guanidine groups is 1. The van der Waals surface area contributed by atoms with Crippen molar-refractivity contribution < 1.29 is 9.47 Å². The van der Waals surface area contributed by atoms with Crippen molar-refractivity contribution >= 4 is 5.96 Å². The lowest BCUT2D eigenvalue weighted by Gasteiger charge is -2.24. The van der Waals surface area contributed by atoms with Gasteiger partial charge in [0.15, 0.2) is 17.5 Å². The SMILES string of the molecule is CN=C(NCCCC1CC1)N(C)Cc1ccc2c(c1)OCCO2. The first kappa shape index (κ1) is 16.0. The molecule has 2 aliphatic rings. The number of nitrogens with one attached hydrogen (secondary N) is 1. The molecular formula is C18H27N3O2. The Morgan fingerprint density at radius 1 is 1.26 bits per heavy atom. The van der Waals surface area contributed by atoms with E-state index in [0.29, 0.717) is 13.2 Å². The number of aliphatic imine (C=N–C) groups is 1. The van der Waals surface area contributed by atoms with E-state index in [1.165, 1.54) is 31.2 Å². The standard InChI is InChI=1S/C18H27N3O2/c1-19-18(20-9-3-4-14-5-6-14)21(2)13-15-7-8-16-17(12-15)23-11-10-22-16/h7-8,12,14H,3-6,9-11,13H2,1-2H3,(H,19,20). The molecule has 0 spiro atoms. The number of benzene rings is 1. The summed E-state index contributed by atoms with van der Waals surface area (Å²) in [5.41, 5.74) is 1.19. The molecule has 1 aliphatic carbocycles. The minimum atomic E-state index is 0.622. The number of rotatable bonds is 6. The molecule has 0 atom stereocenters. The second kappa shape index (κ2) is 7.57. The fraction of sp³-hybridized carbons (Fsp3) is 0.611. The van der Waals surface area contributed by atoms with Crippen LogP contribution in [0.1, 0.15) is 31.2 Å². The maximum atomic E-state index is 5.65. The second-order valence-corrected chi connectivity index (χ2v) is 6.39. The molecule has 1 fully saturated rings. The summed E-state index contributed by atoms with van der Waals surface area (Å²) in [5.74, 6) is 3.62. The van der Waals surface area contributed by atoms with E-state index >= 15 is 0 Å². The van der Waals surface area contributed by atoms with E-state index < -0.39 is 0 Å². The van der Waals surface area contributed by atoms with Gasteiger partial charge in [0.2, 0.25) is 0 Å². The zero-order valence-corrected chi connectivity index (χ0v) is 14.2. The number of nitrogens with zero attached hydrogens (tertiary/aromatic N) is 2. The summed E-state index contributed by atoms with van der Waals surface area (Å²) in [5, 5.41) is 3.45. The van der Waals surface area contributed by atoms with Crippen LogP contribution in [0.3, 0.4) is 0 Å². The molecule has 0 amide bonds. The summed E-state index contributed by atoms with van der Waals surface area (Å²) in [4.78, 5) is 6.52. The van der Waals surface area contributed by atoms with Crippen molar-refractivity contribution in [2.24, 2.45) is 10.9 Å². The minimum Gasteiger partial charge on any atom is -0.486 e. The van der Waals surface area contributed by atoms with Gasteiger partial charge in [-0.2, -0.15) is 0 Å². The summed E-state index contributed by atoms with van der Waals surface area (Å²) in [6.45, 7) is 3.04. The highest BCUT2D eigenvalue weighted by molar-refractivity contribution is 5.79. The van der Waals surface area contributed by atoms with Gasteiger partial charge < -0.3 is 19.7 Å². The summed E-state index contributed by atoms with van der Waals surface area (Å²) in [6, 6.07) is 6.14. The van der Waals surface area contributed by atoms with Gasteiger partial charge in [-0.25, -0.2) is 0 Å². The van der Waals surface area contributed by atoms with Crippen molar-refractivity contribution in [1.29, 1.82) is 0 Å². The molecule has 23 heavy (non-hydrogen) atoms. The van der Waals surface area contributed by atoms with Crippen LogP contribution in [0.25, 0.3) is 0 Å². The van der Waals surface area contributed by atoms with Crippen LogP contribution in [0.2, 0.25) is 0 Å². The smallest absolute Gasteiger partial charge is 0.193 e. The average Bonchev–Trinajstić information content (AvgIpc) is 3.39. The predicted octanol–water partition coefficient (Wildman–Crippen LogP) is 2.66. The summed E-state index contributed by atoms with van der Waals surface area (Å²) in [7, 11) is 3.90. The van der Waals surface area contributed by atoms with Crippen molar-refractivity contribution in [2.75, 3.05) is 33.9 Å². The lowest BCUT2D eigenvalue weighted by Crippen LogP contribution is -2.38. The fourth-order valence-corrected chi connectivity index (χ4v) is 2.92. The van der Waals surface area contributed by atoms with Gasteiger partial charge in [0.05, 0.1) is 0 Å². The molecule has 126 valence electrons. The molecule has 0 radical (unpaired) electrons. The Morgan fingerprint density at radius 2 is 2.04 bits per heavy atom. The molecule has 1 saturated carbocycles. The van der Waals surface area contributed by atoms with Crippen molar-refractivity contribution in [2.45, 2.75) is 32.2 Å². The van der Waals surface area contributed by atoms with E-state index in [-0.39, 0.29) is 0 Å². The minimum absolute atomic E-state index is 0.622. The third-order valence-electron chi connectivity index (χ3n) is 4.37.